The monoisotopic (exact) mass is 261 g/mol. The van der Waals surface area contributed by atoms with E-state index in [9.17, 15) is 0 Å². The van der Waals surface area contributed by atoms with Crippen molar-refractivity contribution >= 4 is 46.7 Å². The molecule has 6 heteroatoms. The fourth-order valence-electron chi connectivity index (χ4n) is 0.814. The van der Waals surface area contributed by atoms with E-state index < -0.39 is 0 Å². The van der Waals surface area contributed by atoms with E-state index in [1.54, 1.807) is 25.4 Å². The van der Waals surface area contributed by atoms with Crippen LogP contribution in [0.4, 0.5) is 0 Å². The molecule has 0 aliphatic heterocycles. The minimum absolute atomic E-state index is 0.450. The number of halogens is 2. The molecule has 3 nitrogen and oxygen atoms in total. The third-order valence-electron chi connectivity index (χ3n) is 1.55. The van der Waals surface area contributed by atoms with Gasteiger partial charge in [0.25, 0.3) is 0 Å². The molecule has 0 saturated carbocycles. The number of thiocarbonyl (C=S) groups is 1. The zero-order valence-electron chi connectivity index (χ0n) is 7.92. The fourth-order valence-corrected chi connectivity index (χ4v) is 1.17. The number of hydrogen-bond donors (Lipinski definition) is 2. The summed E-state index contributed by atoms with van der Waals surface area (Å²) in [5, 5.41) is 8.10. The van der Waals surface area contributed by atoms with Crippen molar-refractivity contribution in [2.45, 2.75) is 0 Å². The third kappa shape index (κ3) is 4.03. The molecule has 1 aromatic rings. The molecule has 0 spiro atoms. The maximum absolute atomic E-state index is 5.83. The van der Waals surface area contributed by atoms with Gasteiger partial charge in [0.15, 0.2) is 5.11 Å². The van der Waals surface area contributed by atoms with E-state index in [-0.39, 0.29) is 0 Å². The first-order valence-electron chi connectivity index (χ1n) is 4.09. The molecule has 0 atom stereocenters. The highest BCUT2D eigenvalue weighted by molar-refractivity contribution is 7.80. The Morgan fingerprint density at radius 2 is 2.13 bits per heavy atom. The van der Waals surface area contributed by atoms with Crippen molar-refractivity contribution in [3.05, 3.63) is 33.8 Å². The van der Waals surface area contributed by atoms with Crippen LogP contribution in [0.15, 0.2) is 23.3 Å². The molecule has 80 valence electrons. The first kappa shape index (κ1) is 12.2. The lowest BCUT2D eigenvalue weighted by atomic mass is 10.2. The smallest absolute Gasteiger partial charge is 0.186 e. The molecule has 0 aliphatic carbocycles. The largest absolute Gasteiger partial charge is 0.364 e. The van der Waals surface area contributed by atoms with Gasteiger partial charge in [0.05, 0.1) is 16.3 Å². The summed E-state index contributed by atoms with van der Waals surface area (Å²) in [5.41, 5.74) is 3.47. The topological polar surface area (TPSA) is 36.4 Å². The number of nitrogens with zero attached hydrogens (tertiary/aromatic N) is 1. The van der Waals surface area contributed by atoms with Gasteiger partial charge in [-0.05, 0) is 29.9 Å². The molecule has 0 aliphatic rings. The van der Waals surface area contributed by atoms with Crippen molar-refractivity contribution in [3.63, 3.8) is 0 Å². The van der Waals surface area contributed by atoms with Crippen molar-refractivity contribution in [1.82, 2.24) is 10.7 Å². The zero-order chi connectivity index (χ0) is 11.3. The van der Waals surface area contributed by atoms with Crippen molar-refractivity contribution in [3.8, 4) is 0 Å². The first-order valence-corrected chi connectivity index (χ1v) is 5.25. The van der Waals surface area contributed by atoms with Crippen LogP contribution in [0.5, 0.6) is 0 Å². The fraction of sp³-hybridized carbons (Fsp3) is 0.111. The zero-order valence-corrected chi connectivity index (χ0v) is 10.2. The molecule has 0 amide bonds. The summed E-state index contributed by atoms with van der Waals surface area (Å²) in [6, 6.07) is 5.24. The van der Waals surface area contributed by atoms with E-state index in [4.69, 9.17) is 35.4 Å². The quantitative estimate of drug-likeness (QED) is 0.488. The van der Waals surface area contributed by atoms with E-state index in [1.165, 1.54) is 0 Å². The molecule has 0 heterocycles. The molecular formula is C9H9Cl2N3S. The summed E-state index contributed by atoms with van der Waals surface area (Å²) in [7, 11) is 1.71. The average molecular weight is 262 g/mol. The Bertz CT molecular complexity index is 393. The SMILES string of the molecule is CNC(=S)NN=Cc1ccc(Cl)c(Cl)c1. The van der Waals surface area contributed by atoms with Crippen LogP contribution in [0.1, 0.15) is 5.56 Å². The Labute approximate surface area is 103 Å². The third-order valence-corrected chi connectivity index (χ3v) is 2.58. The number of hydrogen-bond acceptors (Lipinski definition) is 2. The Hall–Kier alpha value is -0.840. The summed E-state index contributed by atoms with van der Waals surface area (Å²) in [5.74, 6) is 0. The van der Waals surface area contributed by atoms with Gasteiger partial charge in [-0.3, -0.25) is 5.43 Å². The maximum atomic E-state index is 5.83. The van der Waals surface area contributed by atoms with Gasteiger partial charge < -0.3 is 5.32 Å². The Balaban J connectivity index is 2.65. The van der Waals surface area contributed by atoms with E-state index in [2.05, 4.69) is 15.8 Å². The molecule has 2 N–H and O–H groups in total. The highest BCUT2D eigenvalue weighted by atomic mass is 35.5. The normalized spacial score (nSPS) is 10.3. The molecule has 0 fully saturated rings. The molecule has 0 bridgehead atoms. The molecule has 1 aromatic carbocycles. The Morgan fingerprint density at radius 3 is 2.73 bits per heavy atom. The first-order chi connectivity index (χ1) is 7.13. The summed E-state index contributed by atoms with van der Waals surface area (Å²) in [6.45, 7) is 0. The summed E-state index contributed by atoms with van der Waals surface area (Å²) < 4.78 is 0. The molecule has 0 radical (unpaired) electrons. The van der Waals surface area contributed by atoms with Crippen LogP contribution in [-0.4, -0.2) is 18.4 Å². The Morgan fingerprint density at radius 1 is 1.40 bits per heavy atom. The van der Waals surface area contributed by atoms with Gasteiger partial charge in [0, 0.05) is 7.05 Å². The predicted molar refractivity (Wildman–Crippen MR) is 68.8 cm³/mol. The van der Waals surface area contributed by atoms with Crippen molar-refractivity contribution in [2.24, 2.45) is 5.10 Å². The number of nitrogens with one attached hydrogen (secondary N) is 2. The van der Waals surface area contributed by atoms with Crippen LogP contribution in [0.25, 0.3) is 0 Å². The predicted octanol–water partition coefficient (Wildman–Crippen LogP) is 2.42. The van der Waals surface area contributed by atoms with Crippen LogP contribution in [0.2, 0.25) is 10.0 Å². The van der Waals surface area contributed by atoms with Crippen molar-refractivity contribution in [2.75, 3.05) is 7.05 Å². The van der Waals surface area contributed by atoms with Gasteiger partial charge in [0.1, 0.15) is 0 Å². The average Bonchev–Trinajstić information content (AvgIpc) is 2.23. The highest BCUT2D eigenvalue weighted by Crippen LogP contribution is 2.21. The van der Waals surface area contributed by atoms with Gasteiger partial charge in [-0.25, -0.2) is 0 Å². The van der Waals surface area contributed by atoms with E-state index >= 15 is 0 Å². The second-order valence-electron chi connectivity index (χ2n) is 2.62. The lowest BCUT2D eigenvalue weighted by Crippen LogP contribution is -2.28. The minimum atomic E-state index is 0.450. The van der Waals surface area contributed by atoms with E-state index in [0.29, 0.717) is 15.2 Å². The van der Waals surface area contributed by atoms with Crippen LogP contribution in [0, 0.1) is 0 Å². The van der Waals surface area contributed by atoms with Gasteiger partial charge >= 0.3 is 0 Å². The standard InChI is InChI=1S/C9H9Cl2N3S/c1-12-9(15)14-13-5-6-2-3-7(10)8(11)4-6/h2-5H,1H3,(H2,12,14,15). The number of benzene rings is 1. The lowest BCUT2D eigenvalue weighted by Gasteiger charge is -2.00. The van der Waals surface area contributed by atoms with E-state index in [1.807, 2.05) is 6.07 Å². The molecule has 1 rings (SSSR count). The van der Waals surface area contributed by atoms with Gasteiger partial charge in [0.2, 0.25) is 0 Å². The second-order valence-corrected chi connectivity index (χ2v) is 3.85. The number of hydrazone groups is 1. The molecule has 0 saturated heterocycles. The molecule has 0 aromatic heterocycles. The van der Waals surface area contributed by atoms with Crippen molar-refractivity contribution in [1.29, 1.82) is 0 Å². The maximum Gasteiger partial charge on any atom is 0.186 e. The van der Waals surface area contributed by atoms with E-state index in [0.717, 1.165) is 5.56 Å². The van der Waals surface area contributed by atoms with Crippen LogP contribution in [0.3, 0.4) is 0 Å². The molecule has 0 unspecified atom stereocenters. The summed E-state index contributed by atoms with van der Waals surface area (Å²) >= 11 is 16.4. The summed E-state index contributed by atoms with van der Waals surface area (Å²) in [4.78, 5) is 0. The minimum Gasteiger partial charge on any atom is -0.364 e. The van der Waals surface area contributed by atoms with Crippen molar-refractivity contribution < 1.29 is 0 Å². The molecule has 15 heavy (non-hydrogen) atoms. The summed E-state index contributed by atoms with van der Waals surface area (Å²) in [6.07, 6.45) is 1.60. The highest BCUT2D eigenvalue weighted by Gasteiger charge is 1.96. The number of rotatable bonds is 2. The van der Waals surface area contributed by atoms with Crippen LogP contribution < -0.4 is 10.7 Å². The van der Waals surface area contributed by atoms with Gasteiger partial charge in [-0.2, -0.15) is 5.10 Å². The van der Waals surface area contributed by atoms with Crippen LogP contribution in [-0.2, 0) is 0 Å². The van der Waals surface area contributed by atoms with Gasteiger partial charge in [-0.15, -0.1) is 0 Å². The Kier molecular flexibility index (Phi) is 4.81. The second kappa shape index (κ2) is 5.90. The van der Waals surface area contributed by atoms with Gasteiger partial charge in [-0.1, -0.05) is 29.3 Å². The van der Waals surface area contributed by atoms with Crippen LogP contribution >= 0.6 is 35.4 Å². The lowest BCUT2D eigenvalue weighted by molar-refractivity contribution is 0.982. The molecular weight excluding hydrogens is 253 g/mol.